The second kappa shape index (κ2) is 4.25. The smallest absolute Gasteiger partial charge is 0.336 e. The number of aromatic carboxylic acids is 1. The molecule has 0 aromatic heterocycles. The number of aryl methyl sites for hydroxylation is 1. The quantitative estimate of drug-likeness (QED) is 0.882. The lowest BCUT2D eigenvalue weighted by Gasteiger charge is -2.05. The van der Waals surface area contributed by atoms with Gasteiger partial charge in [0.15, 0.2) is 0 Å². The maximum absolute atomic E-state index is 10.8. The van der Waals surface area contributed by atoms with Gasteiger partial charge in [-0.05, 0) is 40.0 Å². The molecule has 14 heavy (non-hydrogen) atoms. The lowest BCUT2D eigenvalue weighted by atomic mass is 10.0. The lowest BCUT2D eigenvalue weighted by Crippen LogP contribution is -2.02. The summed E-state index contributed by atoms with van der Waals surface area (Å²) in [5, 5.41) is 17.6. The van der Waals surface area contributed by atoms with E-state index in [1.54, 1.807) is 6.07 Å². The Hall–Kier alpha value is -1.34. The Morgan fingerprint density at radius 3 is 2.71 bits per heavy atom. The molecule has 0 saturated heterocycles. The van der Waals surface area contributed by atoms with Gasteiger partial charge < -0.3 is 5.11 Å². The van der Waals surface area contributed by atoms with Crippen molar-refractivity contribution in [3.63, 3.8) is 0 Å². The average Bonchev–Trinajstić information content (AvgIpc) is 2.16. The van der Waals surface area contributed by atoms with Gasteiger partial charge in [0.1, 0.15) is 6.07 Å². The molecule has 0 aliphatic heterocycles. The first kappa shape index (κ1) is 10.7. The van der Waals surface area contributed by atoms with Crippen molar-refractivity contribution in [1.82, 2.24) is 0 Å². The zero-order valence-electron chi connectivity index (χ0n) is 7.54. The van der Waals surface area contributed by atoms with Gasteiger partial charge in [0.2, 0.25) is 0 Å². The first-order valence-corrected chi connectivity index (χ1v) is 4.85. The molecule has 0 unspecified atom stereocenters. The van der Waals surface area contributed by atoms with E-state index < -0.39 is 5.97 Å². The van der Waals surface area contributed by atoms with E-state index in [4.69, 9.17) is 10.4 Å². The van der Waals surface area contributed by atoms with Crippen LogP contribution in [0.1, 0.15) is 28.4 Å². The summed E-state index contributed by atoms with van der Waals surface area (Å²) in [7, 11) is 0. The van der Waals surface area contributed by atoms with E-state index in [0.717, 1.165) is 5.56 Å². The van der Waals surface area contributed by atoms with E-state index in [0.29, 0.717) is 16.5 Å². The number of benzene rings is 1. The number of rotatable bonds is 2. The van der Waals surface area contributed by atoms with Crippen LogP contribution in [0.5, 0.6) is 0 Å². The Kier molecular flexibility index (Phi) is 3.26. The van der Waals surface area contributed by atoms with Crippen molar-refractivity contribution >= 4 is 21.9 Å². The van der Waals surface area contributed by atoms with E-state index in [9.17, 15) is 4.79 Å². The van der Waals surface area contributed by atoms with Gasteiger partial charge in [0.25, 0.3) is 0 Å². The fourth-order valence-corrected chi connectivity index (χ4v) is 1.67. The molecule has 1 aromatic rings. The van der Waals surface area contributed by atoms with Gasteiger partial charge >= 0.3 is 5.97 Å². The molecule has 1 N–H and O–H groups in total. The molecule has 0 fully saturated rings. The first-order chi connectivity index (χ1) is 6.60. The van der Waals surface area contributed by atoms with Gasteiger partial charge in [-0.2, -0.15) is 5.26 Å². The SMILES string of the molecule is CCc1cc(Br)c(C#N)cc1C(=O)O. The minimum atomic E-state index is -0.995. The number of hydrogen-bond acceptors (Lipinski definition) is 2. The van der Waals surface area contributed by atoms with Crippen LogP contribution in [-0.4, -0.2) is 11.1 Å². The molecule has 0 amide bonds. The molecule has 0 aliphatic carbocycles. The van der Waals surface area contributed by atoms with E-state index in [1.165, 1.54) is 6.07 Å². The molecule has 0 radical (unpaired) electrons. The number of carboxylic acids is 1. The van der Waals surface area contributed by atoms with Gasteiger partial charge in [-0.3, -0.25) is 0 Å². The summed E-state index contributed by atoms with van der Waals surface area (Å²) in [5.74, 6) is -0.995. The van der Waals surface area contributed by atoms with Gasteiger partial charge in [-0.15, -0.1) is 0 Å². The second-order valence-corrected chi connectivity index (χ2v) is 3.61. The maximum Gasteiger partial charge on any atom is 0.336 e. The Morgan fingerprint density at radius 1 is 1.64 bits per heavy atom. The summed E-state index contributed by atoms with van der Waals surface area (Å²) in [5.41, 5.74) is 1.27. The van der Waals surface area contributed by atoms with E-state index in [2.05, 4.69) is 15.9 Å². The highest BCUT2D eigenvalue weighted by Crippen LogP contribution is 2.22. The fraction of sp³-hybridized carbons (Fsp3) is 0.200. The molecule has 0 atom stereocenters. The summed E-state index contributed by atoms with van der Waals surface area (Å²) < 4.78 is 0.641. The number of carboxylic acid groups (broad SMARTS) is 1. The summed E-state index contributed by atoms with van der Waals surface area (Å²) in [4.78, 5) is 10.8. The van der Waals surface area contributed by atoms with Crippen LogP contribution in [0, 0.1) is 11.3 Å². The second-order valence-electron chi connectivity index (χ2n) is 2.76. The predicted molar refractivity (Wildman–Crippen MR) is 55.2 cm³/mol. The van der Waals surface area contributed by atoms with Crippen molar-refractivity contribution in [2.24, 2.45) is 0 Å². The highest BCUT2D eigenvalue weighted by Gasteiger charge is 2.12. The van der Waals surface area contributed by atoms with Crippen molar-refractivity contribution < 1.29 is 9.90 Å². The third-order valence-electron chi connectivity index (χ3n) is 1.92. The molecule has 1 rings (SSSR count). The molecule has 1 aromatic carbocycles. The molecule has 72 valence electrons. The van der Waals surface area contributed by atoms with Crippen LogP contribution < -0.4 is 0 Å². The van der Waals surface area contributed by atoms with Gasteiger partial charge in [0, 0.05) is 4.47 Å². The number of halogens is 1. The number of carbonyl (C=O) groups is 1. The molecular weight excluding hydrogens is 246 g/mol. The van der Waals surface area contributed by atoms with E-state index >= 15 is 0 Å². The lowest BCUT2D eigenvalue weighted by molar-refractivity contribution is 0.0695. The maximum atomic E-state index is 10.8. The van der Waals surface area contributed by atoms with Crippen LogP contribution in [0.2, 0.25) is 0 Å². The largest absolute Gasteiger partial charge is 0.478 e. The standard InChI is InChI=1S/C10H8BrNO2/c1-2-6-4-9(11)7(5-12)3-8(6)10(13)14/h3-4H,2H2,1H3,(H,13,14). The summed E-state index contributed by atoms with van der Waals surface area (Å²) in [6, 6.07) is 5.01. The van der Waals surface area contributed by atoms with Crippen molar-refractivity contribution in [3.05, 3.63) is 33.3 Å². The Morgan fingerprint density at radius 2 is 2.29 bits per heavy atom. The van der Waals surface area contributed by atoms with E-state index in [1.807, 2.05) is 13.0 Å². The zero-order chi connectivity index (χ0) is 10.7. The minimum absolute atomic E-state index is 0.201. The fourth-order valence-electron chi connectivity index (χ4n) is 1.19. The van der Waals surface area contributed by atoms with Crippen LogP contribution in [0.4, 0.5) is 0 Å². The summed E-state index contributed by atoms with van der Waals surface area (Å²) in [6.45, 7) is 1.88. The highest BCUT2D eigenvalue weighted by molar-refractivity contribution is 9.10. The molecule has 0 saturated carbocycles. The van der Waals surface area contributed by atoms with Crippen LogP contribution in [0.3, 0.4) is 0 Å². The Balaban J connectivity index is 3.42. The van der Waals surface area contributed by atoms with Crippen LogP contribution in [0.15, 0.2) is 16.6 Å². The molecule has 0 bridgehead atoms. The van der Waals surface area contributed by atoms with Crippen LogP contribution in [0.25, 0.3) is 0 Å². The zero-order valence-corrected chi connectivity index (χ0v) is 9.13. The monoisotopic (exact) mass is 253 g/mol. The molecule has 0 aliphatic rings. The Bertz CT molecular complexity index is 421. The third-order valence-corrected chi connectivity index (χ3v) is 2.58. The predicted octanol–water partition coefficient (Wildman–Crippen LogP) is 2.58. The number of nitriles is 1. The first-order valence-electron chi connectivity index (χ1n) is 4.06. The van der Waals surface area contributed by atoms with Crippen LogP contribution >= 0.6 is 15.9 Å². The van der Waals surface area contributed by atoms with Crippen LogP contribution in [-0.2, 0) is 6.42 Å². The molecular formula is C10H8BrNO2. The summed E-state index contributed by atoms with van der Waals surface area (Å²) in [6.07, 6.45) is 0.631. The number of hydrogen-bond donors (Lipinski definition) is 1. The molecule has 4 heteroatoms. The van der Waals surface area contributed by atoms with Crippen molar-refractivity contribution in [3.8, 4) is 6.07 Å². The average molecular weight is 254 g/mol. The van der Waals surface area contributed by atoms with Gasteiger partial charge in [-0.1, -0.05) is 6.92 Å². The van der Waals surface area contributed by atoms with E-state index in [-0.39, 0.29) is 5.56 Å². The van der Waals surface area contributed by atoms with Crippen molar-refractivity contribution in [2.45, 2.75) is 13.3 Å². The highest BCUT2D eigenvalue weighted by atomic mass is 79.9. The summed E-state index contributed by atoms with van der Waals surface area (Å²) >= 11 is 3.22. The third kappa shape index (κ3) is 1.94. The van der Waals surface area contributed by atoms with Gasteiger partial charge in [-0.25, -0.2) is 4.79 Å². The number of nitrogens with zero attached hydrogens (tertiary/aromatic N) is 1. The Labute approximate surface area is 90.1 Å². The topological polar surface area (TPSA) is 61.1 Å². The normalized spacial score (nSPS) is 9.50. The molecule has 0 heterocycles. The van der Waals surface area contributed by atoms with Gasteiger partial charge in [0.05, 0.1) is 11.1 Å². The van der Waals surface area contributed by atoms with Crippen molar-refractivity contribution in [1.29, 1.82) is 5.26 Å². The minimum Gasteiger partial charge on any atom is -0.478 e. The van der Waals surface area contributed by atoms with Crippen molar-refractivity contribution in [2.75, 3.05) is 0 Å². The molecule has 0 spiro atoms. The molecule has 3 nitrogen and oxygen atoms in total.